The van der Waals surface area contributed by atoms with E-state index < -0.39 is 0 Å². The fourth-order valence-electron chi connectivity index (χ4n) is 1.02. The lowest BCUT2D eigenvalue weighted by Gasteiger charge is -2.02. The van der Waals surface area contributed by atoms with Gasteiger partial charge in [0, 0.05) is 13.2 Å². The SMILES string of the molecule is Nc1ccsc1C(=O)NCCCCO. The highest BCUT2D eigenvalue weighted by molar-refractivity contribution is 7.12. The number of aliphatic hydroxyl groups is 1. The Hall–Kier alpha value is -1.07. The summed E-state index contributed by atoms with van der Waals surface area (Å²) >= 11 is 1.34. The monoisotopic (exact) mass is 214 g/mol. The summed E-state index contributed by atoms with van der Waals surface area (Å²) in [5.74, 6) is -0.129. The third kappa shape index (κ3) is 3.01. The van der Waals surface area contributed by atoms with E-state index in [1.165, 1.54) is 11.3 Å². The van der Waals surface area contributed by atoms with E-state index in [2.05, 4.69) is 5.32 Å². The van der Waals surface area contributed by atoms with Crippen LogP contribution in [0.15, 0.2) is 11.4 Å². The third-order valence-corrected chi connectivity index (χ3v) is 2.70. The first-order valence-corrected chi connectivity index (χ1v) is 5.35. The molecule has 0 spiro atoms. The standard InChI is InChI=1S/C9H14N2O2S/c10-7-3-6-14-8(7)9(13)11-4-1-2-5-12/h3,6,12H,1-2,4-5,10H2,(H,11,13). The van der Waals surface area contributed by atoms with Crippen LogP contribution in [0.25, 0.3) is 0 Å². The van der Waals surface area contributed by atoms with Gasteiger partial charge >= 0.3 is 0 Å². The second-order valence-corrected chi connectivity index (χ2v) is 3.81. The zero-order chi connectivity index (χ0) is 10.4. The molecule has 0 saturated carbocycles. The Bertz CT molecular complexity index is 299. The lowest BCUT2D eigenvalue weighted by molar-refractivity contribution is 0.0957. The zero-order valence-corrected chi connectivity index (χ0v) is 8.64. The Balaban J connectivity index is 2.32. The average Bonchev–Trinajstić information content (AvgIpc) is 2.59. The number of aliphatic hydroxyl groups excluding tert-OH is 1. The molecule has 0 bridgehead atoms. The second kappa shape index (κ2) is 5.62. The minimum atomic E-state index is -0.129. The molecule has 1 rings (SSSR count). The molecule has 0 unspecified atom stereocenters. The highest BCUT2D eigenvalue weighted by atomic mass is 32.1. The number of carbonyl (C=O) groups excluding carboxylic acids is 1. The summed E-state index contributed by atoms with van der Waals surface area (Å²) in [6.45, 7) is 0.744. The Kier molecular flexibility index (Phi) is 4.42. The van der Waals surface area contributed by atoms with Crippen LogP contribution < -0.4 is 11.1 Å². The molecule has 0 aliphatic heterocycles. The van der Waals surface area contributed by atoms with Gasteiger partial charge in [-0.15, -0.1) is 11.3 Å². The van der Waals surface area contributed by atoms with E-state index in [0.717, 1.165) is 6.42 Å². The summed E-state index contributed by atoms with van der Waals surface area (Å²) in [5.41, 5.74) is 6.10. The minimum absolute atomic E-state index is 0.129. The Morgan fingerprint density at radius 2 is 2.36 bits per heavy atom. The number of nitrogens with two attached hydrogens (primary N) is 1. The van der Waals surface area contributed by atoms with Crippen molar-refractivity contribution in [3.63, 3.8) is 0 Å². The molecule has 0 aliphatic carbocycles. The smallest absolute Gasteiger partial charge is 0.263 e. The van der Waals surface area contributed by atoms with Crippen LogP contribution in [-0.4, -0.2) is 24.2 Å². The molecule has 0 saturated heterocycles. The second-order valence-electron chi connectivity index (χ2n) is 2.89. The number of hydrogen-bond donors (Lipinski definition) is 3. The van der Waals surface area contributed by atoms with Gasteiger partial charge in [-0.2, -0.15) is 0 Å². The van der Waals surface area contributed by atoms with Crippen LogP contribution in [0.2, 0.25) is 0 Å². The number of nitrogens with one attached hydrogen (secondary N) is 1. The lowest BCUT2D eigenvalue weighted by atomic mass is 10.3. The van der Waals surface area contributed by atoms with Crippen LogP contribution in [0.3, 0.4) is 0 Å². The van der Waals surface area contributed by atoms with E-state index in [4.69, 9.17) is 10.8 Å². The molecular formula is C9H14N2O2S. The van der Waals surface area contributed by atoms with Crippen molar-refractivity contribution in [1.29, 1.82) is 0 Å². The molecule has 0 radical (unpaired) electrons. The summed E-state index contributed by atoms with van der Waals surface area (Å²) in [4.78, 5) is 12.0. The van der Waals surface area contributed by atoms with Crippen LogP contribution in [0, 0.1) is 0 Å². The number of anilines is 1. The van der Waals surface area contributed by atoms with E-state index in [1.54, 1.807) is 11.4 Å². The number of hydrogen-bond acceptors (Lipinski definition) is 4. The van der Waals surface area contributed by atoms with E-state index in [0.29, 0.717) is 23.5 Å². The number of rotatable bonds is 5. The van der Waals surface area contributed by atoms with Crippen LogP contribution in [0.4, 0.5) is 5.69 Å². The molecule has 0 fully saturated rings. The maximum absolute atomic E-state index is 11.4. The Morgan fingerprint density at radius 3 is 2.93 bits per heavy atom. The highest BCUT2D eigenvalue weighted by Crippen LogP contribution is 2.18. The number of unbranched alkanes of at least 4 members (excludes halogenated alkanes) is 1. The molecule has 0 atom stereocenters. The third-order valence-electron chi connectivity index (χ3n) is 1.77. The molecule has 1 amide bonds. The molecule has 1 aromatic heterocycles. The van der Waals surface area contributed by atoms with Crippen molar-refractivity contribution in [3.05, 3.63) is 16.3 Å². The van der Waals surface area contributed by atoms with Gasteiger partial charge in [0.1, 0.15) is 4.88 Å². The van der Waals surface area contributed by atoms with Crippen LogP contribution in [0.1, 0.15) is 22.5 Å². The van der Waals surface area contributed by atoms with Gasteiger partial charge < -0.3 is 16.2 Å². The first-order valence-electron chi connectivity index (χ1n) is 4.47. The summed E-state index contributed by atoms with van der Waals surface area (Å²) in [7, 11) is 0. The van der Waals surface area contributed by atoms with Crippen LogP contribution in [0.5, 0.6) is 0 Å². The van der Waals surface area contributed by atoms with Crippen molar-refractivity contribution in [1.82, 2.24) is 5.32 Å². The Morgan fingerprint density at radius 1 is 1.57 bits per heavy atom. The van der Waals surface area contributed by atoms with Crippen molar-refractivity contribution in [2.45, 2.75) is 12.8 Å². The molecule has 1 aromatic rings. The molecule has 1 heterocycles. The van der Waals surface area contributed by atoms with Crippen molar-refractivity contribution in [2.75, 3.05) is 18.9 Å². The molecule has 0 aliphatic rings. The maximum atomic E-state index is 11.4. The summed E-state index contributed by atoms with van der Waals surface area (Å²) in [6, 6.07) is 1.72. The average molecular weight is 214 g/mol. The van der Waals surface area contributed by atoms with Crippen LogP contribution >= 0.6 is 11.3 Å². The number of amides is 1. The zero-order valence-electron chi connectivity index (χ0n) is 7.82. The molecule has 78 valence electrons. The highest BCUT2D eigenvalue weighted by Gasteiger charge is 2.09. The predicted octanol–water partition coefficient (Wildman–Crippen LogP) is 0.833. The van der Waals surface area contributed by atoms with E-state index in [-0.39, 0.29) is 12.5 Å². The van der Waals surface area contributed by atoms with Gasteiger partial charge in [-0.25, -0.2) is 0 Å². The van der Waals surface area contributed by atoms with Gasteiger partial charge in [0.05, 0.1) is 5.69 Å². The van der Waals surface area contributed by atoms with Gasteiger partial charge in [-0.3, -0.25) is 4.79 Å². The number of carbonyl (C=O) groups is 1. The quantitative estimate of drug-likeness (QED) is 0.635. The van der Waals surface area contributed by atoms with Gasteiger partial charge in [0.25, 0.3) is 5.91 Å². The minimum Gasteiger partial charge on any atom is -0.397 e. The van der Waals surface area contributed by atoms with Crippen molar-refractivity contribution < 1.29 is 9.90 Å². The van der Waals surface area contributed by atoms with Gasteiger partial charge in [-0.05, 0) is 24.3 Å². The fraction of sp³-hybridized carbons (Fsp3) is 0.444. The molecule has 4 nitrogen and oxygen atoms in total. The Labute approximate surface area is 86.7 Å². The molecule has 14 heavy (non-hydrogen) atoms. The summed E-state index contributed by atoms with van der Waals surface area (Å²) in [6.07, 6.45) is 1.49. The molecule has 4 N–H and O–H groups in total. The van der Waals surface area contributed by atoms with Gasteiger partial charge in [-0.1, -0.05) is 0 Å². The van der Waals surface area contributed by atoms with Crippen molar-refractivity contribution in [2.24, 2.45) is 0 Å². The summed E-state index contributed by atoms with van der Waals surface area (Å²) in [5, 5.41) is 13.1. The predicted molar refractivity (Wildman–Crippen MR) is 57.4 cm³/mol. The van der Waals surface area contributed by atoms with E-state index in [1.807, 2.05) is 0 Å². The fourth-order valence-corrected chi connectivity index (χ4v) is 1.76. The molecular weight excluding hydrogens is 200 g/mol. The van der Waals surface area contributed by atoms with Crippen molar-refractivity contribution >= 4 is 22.9 Å². The first-order chi connectivity index (χ1) is 6.75. The van der Waals surface area contributed by atoms with Crippen molar-refractivity contribution in [3.8, 4) is 0 Å². The first kappa shape index (κ1) is 11.0. The van der Waals surface area contributed by atoms with Gasteiger partial charge in [0.15, 0.2) is 0 Å². The van der Waals surface area contributed by atoms with Gasteiger partial charge in [0.2, 0.25) is 0 Å². The topological polar surface area (TPSA) is 75.4 Å². The molecule has 5 heteroatoms. The van der Waals surface area contributed by atoms with Crippen LogP contribution in [-0.2, 0) is 0 Å². The largest absolute Gasteiger partial charge is 0.397 e. The number of nitrogen functional groups attached to an aromatic ring is 1. The summed E-state index contributed by atoms with van der Waals surface area (Å²) < 4.78 is 0. The lowest BCUT2D eigenvalue weighted by Crippen LogP contribution is -2.24. The maximum Gasteiger partial charge on any atom is 0.263 e. The normalized spacial score (nSPS) is 10.1. The van der Waals surface area contributed by atoms with E-state index >= 15 is 0 Å². The molecule has 0 aromatic carbocycles. The van der Waals surface area contributed by atoms with E-state index in [9.17, 15) is 4.79 Å². The number of thiophene rings is 1.